The maximum Gasteiger partial charge on any atom is 0.274 e. The molecule has 1 aromatic carbocycles. The number of halogens is 1. The summed E-state index contributed by atoms with van der Waals surface area (Å²) in [5, 5.41) is 4.67. The summed E-state index contributed by atoms with van der Waals surface area (Å²) in [5.74, 6) is -0.283. The quantitative estimate of drug-likeness (QED) is 0.788. The Morgan fingerprint density at radius 1 is 1.04 bits per heavy atom. The van der Waals surface area contributed by atoms with Gasteiger partial charge in [-0.15, -0.1) is 0 Å². The van der Waals surface area contributed by atoms with E-state index in [0.29, 0.717) is 32.0 Å². The Morgan fingerprint density at radius 2 is 1.76 bits per heavy atom. The van der Waals surface area contributed by atoms with Gasteiger partial charge in [-0.25, -0.2) is 9.07 Å². The number of morpholine rings is 1. The van der Waals surface area contributed by atoms with Crippen LogP contribution in [0.4, 0.5) is 4.39 Å². The molecule has 1 saturated heterocycles. The van der Waals surface area contributed by atoms with Crippen LogP contribution >= 0.6 is 0 Å². The maximum absolute atomic E-state index is 13.3. The minimum atomic E-state index is -0.272. The van der Waals surface area contributed by atoms with Crippen LogP contribution in [0.5, 0.6) is 0 Å². The van der Waals surface area contributed by atoms with E-state index in [1.165, 1.54) is 12.1 Å². The average Bonchev–Trinajstić information content (AvgIpc) is 2.84. The molecule has 2 aliphatic rings. The van der Waals surface area contributed by atoms with Crippen molar-refractivity contribution < 1.29 is 13.9 Å². The first-order valence-corrected chi connectivity index (χ1v) is 8.98. The Kier molecular flexibility index (Phi) is 4.53. The van der Waals surface area contributed by atoms with Crippen molar-refractivity contribution in [2.75, 3.05) is 26.3 Å². The van der Waals surface area contributed by atoms with Gasteiger partial charge in [0, 0.05) is 24.3 Å². The summed E-state index contributed by atoms with van der Waals surface area (Å²) < 4.78 is 20.5. The van der Waals surface area contributed by atoms with E-state index in [2.05, 4.69) is 5.10 Å². The highest BCUT2D eigenvalue weighted by Gasteiger charge is 2.28. The van der Waals surface area contributed by atoms with E-state index in [-0.39, 0.29) is 11.7 Å². The van der Waals surface area contributed by atoms with Crippen molar-refractivity contribution in [1.29, 1.82) is 0 Å². The number of hydrogen-bond acceptors (Lipinski definition) is 3. The molecule has 1 aliphatic carbocycles. The highest BCUT2D eigenvalue weighted by atomic mass is 19.1. The Bertz CT molecular complexity index is 764. The largest absolute Gasteiger partial charge is 0.378 e. The van der Waals surface area contributed by atoms with Gasteiger partial charge in [0.15, 0.2) is 5.69 Å². The molecule has 0 unspecified atom stereocenters. The highest BCUT2D eigenvalue weighted by molar-refractivity contribution is 5.94. The first kappa shape index (κ1) is 16.3. The van der Waals surface area contributed by atoms with Crippen molar-refractivity contribution in [3.63, 3.8) is 0 Å². The van der Waals surface area contributed by atoms with Crippen LogP contribution in [0.3, 0.4) is 0 Å². The van der Waals surface area contributed by atoms with E-state index in [1.54, 1.807) is 12.1 Å². The molecule has 0 saturated carbocycles. The van der Waals surface area contributed by atoms with Crippen molar-refractivity contribution >= 4 is 5.91 Å². The molecule has 132 valence electrons. The molecule has 0 bridgehead atoms. The summed E-state index contributed by atoms with van der Waals surface area (Å²) >= 11 is 0. The summed E-state index contributed by atoms with van der Waals surface area (Å²) in [6.45, 7) is 2.37. The lowest BCUT2D eigenvalue weighted by molar-refractivity contribution is 0.0298. The molecular formula is C19H22FN3O2. The summed E-state index contributed by atoms with van der Waals surface area (Å²) in [5.41, 5.74) is 3.53. The van der Waals surface area contributed by atoms with Crippen molar-refractivity contribution in [2.45, 2.75) is 32.1 Å². The standard InChI is InChI=1S/C19H22FN3O2/c20-14-6-8-15(9-7-14)23-17-5-3-1-2-4-16(17)18(21-23)19(24)22-10-12-25-13-11-22/h6-9H,1-5,10-13H2. The maximum atomic E-state index is 13.3. The summed E-state index contributed by atoms with van der Waals surface area (Å²) in [7, 11) is 0. The third-order valence-corrected chi connectivity index (χ3v) is 5.00. The number of aromatic nitrogens is 2. The second kappa shape index (κ2) is 6.96. The zero-order chi connectivity index (χ0) is 17.2. The third-order valence-electron chi connectivity index (χ3n) is 5.00. The van der Waals surface area contributed by atoms with Crippen LogP contribution in [-0.4, -0.2) is 46.9 Å². The minimum absolute atomic E-state index is 0.0117. The number of rotatable bonds is 2. The van der Waals surface area contributed by atoms with Gasteiger partial charge in [-0.05, 0) is 49.9 Å². The number of benzene rings is 1. The lowest BCUT2D eigenvalue weighted by Crippen LogP contribution is -2.41. The Morgan fingerprint density at radius 3 is 2.52 bits per heavy atom. The first-order valence-electron chi connectivity index (χ1n) is 8.98. The SMILES string of the molecule is O=C(c1nn(-c2ccc(F)cc2)c2c1CCCCC2)N1CCOCC1. The van der Waals surface area contributed by atoms with Crippen LogP contribution in [-0.2, 0) is 17.6 Å². The van der Waals surface area contributed by atoms with Gasteiger partial charge < -0.3 is 9.64 Å². The molecule has 0 atom stereocenters. The molecule has 2 aromatic rings. The molecule has 1 aliphatic heterocycles. The molecule has 1 fully saturated rings. The topological polar surface area (TPSA) is 47.4 Å². The van der Waals surface area contributed by atoms with Gasteiger partial charge in [-0.1, -0.05) is 6.42 Å². The monoisotopic (exact) mass is 343 g/mol. The molecule has 4 rings (SSSR count). The van der Waals surface area contributed by atoms with E-state index >= 15 is 0 Å². The van der Waals surface area contributed by atoms with E-state index in [0.717, 1.165) is 49.0 Å². The minimum Gasteiger partial charge on any atom is -0.378 e. The first-order chi connectivity index (χ1) is 12.2. The molecule has 5 nitrogen and oxygen atoms in total. The van der Waals surface area contributed by atoms with Gasteiger partial charge in [-0.2, -0.15) is 5.10 Å². The predicted molar refractivity (Wildman–Crippen MR) is 91.5 cm³/mol. The molecule has 25 heavy (non-hydrogen) atoms. The molecule has 0 spiro atoms. The van der Waals surface area contributed by atoms with Gasteiger partial charge >= 0.3 is 0 Å². The number of carbonyl (C=O) groups is 1. The fourth-order valence-electron chi connectivity index (χ4n) is 3.66. The van der Waals surface area contributed by atoms with Crippen molar-refractivity contribution in [3.05, 3.63) is 47.0 Å². The molecule has 6 heteroatoms. The highest BCUT2D eigenvalue weighted by Crippen LogP contribution is 2.27. The number of ether oxygens (including phenoxy) is 1. The predicted octanol–water partition coefficient (Wildman–Crippen LogP) is 2.75. The molecule has 1 amide bonds. The van der Waals surface area contributed by atoms with Crippen LogP contribution in [0.25, 0.3) is 5.69 Å². The van der Waals surface area contributed by atoms with Gasteiger partial charge in [-0.3, -0.25) is 4.79 Å². The summed E-state index contributed by atoms with van der Waals surface area (Å²) in [6.07, 6.45) is 5.10. The molecule has 2 heterocycles. The van der Waals surface area contributed by atoms with E-state index in [1.807, 2.05) is 9.58 Å². The third kappa shape index (κ3) is 3.18. The fourth-order valence-corrected chi connectivity index (χ4v) is 3.66. The normalized spacial score (nSPS) is 17.9. The van der Waals surface area contributed by atoms with Crippen LogP contribution in [0.2, 0.25) is 0 Å². The van der Waals surface area contributed by atoms with E-state index in [4.69, 9.17) is 4.74 Å². The van der Waals surface area contributed by atoms with Crippen LogP contribution in [0.15, 0.2) is 24.3 Å². The lowest BCUT2D eigenvalue weighted by atomic mass is 10.1. The van der Waals surface area contributed by atoms with Crippen molar-refractivity contribution in [1.82, 2.24) is 14.7 Å². The van der Waals surface area contributed by atoms with E-state index in [9.17, 15) is 9.18 Å². The Balaban J connectivity index is 1.76. The van der Waals surface area contributed by atoms with Crippen LogP contribution in [0.1, 0.15) is 41.0 Å². The van der Waals surface area contributed by atoms with Crippen molar-refractivity contribution in [3.8, 4) is 5.69 Å². The zero-order valence-corrected chi connectivity index (χ0v) is 14.2. The van der Waals surface area contributed by atoms with Gasteiger partial charge in [0.05, 0.1) is 18.9 Å². The second-order valence-electron chi connectivity index (χ2n) is 6.63. The summed E-state index contributed by atoms with van der Waals surface area (Å²) in [4.78, 5) is 14.8. The van der Waals surface area contributed by atoms with E-state index < -0.39 is 0 Å². The lowest BCUT2D eigenvalue weighted by Gasteiger charge is -2.26. The van der Waals surface area contributed by atoms with Gasteiger partial charge in [0.25, 0.3) is 5.91 Å². The molecule has 1 aromatic heterocycles. The number of hydrogen-bond donors (Lipinski definition) is 0. The second-order valence-corrected chi connectivity index (χ2v) is 6.63. The number of amides is 1. The fraction of sp³-hybridized carbons (Fsp3) is 0.474. The molecule has 0 N–H and O–H groups in total. The van der Waals surface area contributed by atoms with Crippen LogP contribution in [0, 0.1) is 5.82 Å². The average molecular weight is 343 g/mol. The van der Waals surface area contributed by atoms with Crippen molar-refractivity contribution in [2.24, 2.45) is 0 Å². The molecule has 0 radical (unpaired) electrons. The Labute approximate surface area is 146 Å². The van der Waals surface area contributed by atoms with Gasteiger partial charge in [0.2, 0.25) is 0 Å². The van der Waals surface area contributed by atoms with Gasteiger partial charge in [0.1, 0.15) is 5.82 Å². The molecular weight excluding hydrogens is 321 g/mol. The number of fused-ring (bicyclic) bond motifs is 1. The van der Waals surface area contributed by atoms with Crippen LogP contribution < -0.4 is 0 Å². The summed E-state index contributed by atoms with van der Waals surface area (Å²) in [6, 6.07) is 6.31. The number of nitrogens with zero attached hydrogens (tertiary/aromatic N) is 3. The Hall–Kier alpha value is -2.21. The number of carbonyl (C=O) groups excluding carboxylic acids is 1. The smallest absolute Gasteiger partial charge is 0.274 e. The zero-order valence-electron chi connectivity index (χ0n) is 14.2.